The molecule has 3 aromatic rings. The lowest BCUT2D eigenvalue weighted by Crippen LogP contribution is -2.29. The van der Waals surface area contributed by atoms with E-state index in [9.17, 15) is 45.5 Å². The van der Waals surface area contributed by atoms with E-state index < -0.39 is 58.6 Å². The van der Waals surface area contributed by atoms with Gasteiger partial charge in [-0.2, -0.15) is 26.3 Å². The molecule has 0 aromatic heterocycles. The van der Waals surface area contributed by atoms with Crippen molar-refractivity contribution >= 4 is 35.0 Å². The number of anilines is 2. The van der Waals surface area contributed by atoms with E-state index in [-0.39, 0.29) is 22.9 Å². The Morgan fingerprint density at radius 3 is 1.07 bits per heavy atom. The van der Waals surface area contributed by atoms with Crippen LogP contribution in [0.1, 0.15) is 11.1 Å². The van der Waals surface area contributed by atoms with Gasteiger partial charge in [-0.3, -0.25) is 19.2 Å². The summed E-state index contributed by atoms with van der Waals surface area (Å²) in [6.45, 7) is 0. The second kappa shape index (κ2) is 10.2. The molecule has 2 aliphatic rings. The van der Waals surface area contributed by atoms with Crippen LogP contribution in [0.3, 0.4) is 0 Å². The number of alkyl halides is 6. The first-order chi connectivity index (χ1) is 19.7. The van der Waals surface area contributed by atoms with Crippen molar-refractivity contribution in [3.05, 3.63) is 96.1 Å². The van der Waals surface area contributed by atoms with Crippen LogP contribution in [0.25, 0.3) is 0 Å². The molecule has 0 unspecified atom stereocenters. The summed E-state index contributed by atoms with van der Waals surface area (Å²) >= 11 is 0. The zero-order valence-corrected chi connectivity index (χ0v) is 20.7. The lowest BCUT2D eigenvalue weighted by molar-refractivity contribution is -0.139. The maximum Gasteiger partial charge on any atom is 0.420 e. The average molecular weight is 588 g/mol. The van der Waals surface area contributed by atoms with E-state index in [0.717, 1.165) is 72.8 Å². The predicted octanol–water partition coefficient (Wildman–Crippen LogP) is 6.17. The van der Waals surface area contributed by atoms with E-state index in [1.807, 2.05) is 0 Å². The number of hydrogen-bond donors (Lipinski definition) is 0. The van der Waals surface area contributed by atoms with E-state index in [2.05, 4.69) is 0 Å². The topological polar surface area (TPSA) is 93.2 Å². The van der Waals surface area contributed by atoms with Crippen LogP contribution in [-0.2, 0) is 31.5 Å². The Morgan fingerprint density at radius 1 is 0.476 bits per heavy atom. The molecule has 0 N–H and O–H groups in total. The van der Waals surface area contributed by atoms with Gasteiger partial charge in [-0.05, 0) is 60.7 Å². The Bertz CT molecular complexity index is 1530. The van der Waals surface area contributed by atoms with Gasteiger partial charge in [-0.25, -0.2) is 9.80 Å². The molecule has 214 valence electrons. The second-order valence-corrected chi connectivity index (χ2v) is 8.72. The van der Waals surface area contributed by atoms with Gasteiger partial charge < -0.3 is 9.47 Å². The number of carbonyl (C=O) groups excluding carboxylic acids is 4. The Hall–Kier alpha value is -5.40. The van der Waals surface area contributed by atoms with Gasteiger partial charge >= 0.3 is 12.4 Å². The average Bonchev–Trinajstić information content (AvgIpc) is 3.43. The van der Waals surface area contributed by atoms with Crippen molar-refractivity contribution in [2.24, 2.45) is 0 Å². The fraction of sp³-hybridized carbons (Fsp3) is 0.0714. The van der Waals surface area contributed by atoms with Crippen molar-refractivity contribution in [3.8, 4) is 23.0 Å². The summed E-state index contributed by atoms with van der Waals surface area (Å²) < 4.78 is 93.4. The molecule has 0 saturated heterocycles. The maximum absolute atomic E-state index is 13.8. The Balaban J connectivity index is 1.38. The van der Waals surface area contributed by atoms with Gasteiger partial charge in [0, 0.05) is 24.3 Å². The number of carbonyl (C=O) groups is 4. The lowest BCUT2D eigenvalue weighted by atomic mass is 10.1. The molecule has 14 heteroatoms. The summed E-state index contributed by atoms with van der Waals surface area (Å²) in [6.07, 6.45) is -6.20. The molecule has 0 spiro atoms. The van der Waals surface area contributed by atoms with Crippen LogP contribution in [0.15, 0.2) is 85.0 Å². The Morgan fingerprint density at radius 2 is 0.786 bits per heavy atom. The number of ether oxygens (including phenoxy) is 2. The molecule has 0 fully saturated rings. The summed E-state index contributed by atoms with van der Waals surface area (Å²) in [5.41, 5.74) is -3.21. The van der Waals surface area contributed by atoms with E-state index in [0.29, 0.717) is 21.9 Å². The highest BCUT2D eigenvalue weighted by Gasteiger charge is 2.38. The first-order valence-corrected chi connectivity index (χ1v) is 11.7. The summed E-state index contributed by atoms with van der Waals surface area (Å²) in [5, 5.41) is 0. The van der Waals surface area contributed by atoms with Crippen molar-refractivity contribution in [2.45, 2.75) is 12.4 Å². The fourth-order valence-corrected chi connectivity index (χ4v) is 4.07. The molecule has 0 aliphatic carbocycles. The summed E-state index contributed by atoms with van der Waals surface area (Å²) in [5.74, 6) is -4.84. The van der Waals surface area contributed by atoms with Crippen molar-refractivity contribution < 1.29 is 55.0 Å². The van der Waals surface area contributed by atoms with Crippen LogP contribution in [0.2, 0.25) is 0 Å². The van der Waals surface area contributed by atoms with E-state index in [1.165, 1.54) is 0 Å². The zero-order valence-electron chi connectivity index (χ0n) is 20.7. The highest BCUT2D eigenvalue weighted by molar-refractivity contribution is 6.28. The van der Waals surface area contributed by atoms with Gasteiger partial charge in [-0.1, -0.05) is 0 Å². The standard InChI is InChI=1S/C28H14F6N2O6/c29-27(30,31)19-13-15(35-23(37)9-10-24(35)38)1-7-21(19)41-17-3-5-18(6-4-17)42-22-8-2-16(14-20(22)28(32,33)34)36-25(39)11-12-26(36)40/h1-14H. The third-order valence-electron chi connectivity index (χ3n) is 5.95. The molecule has 4 amide bonds. The highest BCUT2D eigenvalue weighted by atomic mass is 19.4. The molecular formula is C28H14F6N2O6. The largest absolute Gasteiger partial charge is 0.457 e. The van der Waals surface area contributed by atoms with Crippen LogP contribution < -0.4 is 19.3 Å². The number of hydrogen-bond acceptors (Lipinski definition) is 6. The van der Waals surface area contributed by atoms with E-state index in [1.54, 1.807) is 0 Å². The number of imide groups is 2. The van der Waals surface area contributed by atoms with Gasteiger partial charge in [0.15, 0.2) is 0 Å². The van der Waals surface area contributed by atoms with Crippen molar-refractivity contribution in [3.63, 3.8) is 0 Å². The molecule has 8 nitrogen and oxygen atoms in total. The maximum atomic E-state index is 13.8. The monoisotopic (exact) mass is 588 g/mol. The van der Waals surface area contributed by atoms with Crippen LogP contribution >= 0.6 is 0 Å². The first kappa shape index (κ1) is 28.1. The third-order valence-corrected chi connectivity index (χ3v) is 5.95. The van der Waals surface area contributed by atoms with Gasteiger partial charge in [-0.15, -0.1) is 0 Å². The molecule has 2 heterocycles. The number of benzene rings is 3. The van der Waals surface area contributed by atoms with Crippen LogP contribution in [-0.4, -0.2) is 23.6 Å². The Kier molecular flexibility index (Phi) is 6.84. The minimum absolute atomic E-state index is 0.138. The van der Waals surface area contributed by atoms with Gasteiger partial charge in [0.1, 0.15) is 34.1 Å². The third kappa shape index (κ3) is 5.46. The van der Waals surface area contributed by atoms with Crippen molar-refractivity contribution in [1.82, 2.24) is 0 Å². The molecule has 0 atom stereocenters. The normalized spacial score (nSPS) is 15.3. The SMILES string of the molecule is O=C1C=CC(=O)N1c1ccc(Oc2ccc(Oc3ccc(N4C(=O)C=CC4=O)cc3C(F)(F)F)cc2)c(C(F)(F)F)c1. The van der Waals surface area contributed by atoms with Crippen LogP contribution in [0.5, 0.6) is 23.0 Å². The van der Waals surface area contributed by atoms with Crippen molar-refractivity contribution in [2.75, 3.05) is 9.80 Å². The molecule has 5 rings (SSSR count). The van der Waals surface area contributed by atoms with Crippen molar-refractivity contribution in [1.29, 1.82) is 0 Å². The Labute approximate surface area is 231 Å². The molecular weight excluding hydrogens is 574 g/mol. The predicted molar refractivity (Wildman–Crippen MR) is 133 cm³/mol. The van der Waals surface area contributed by atoms with Crippen LogP contribution in [0, 0.1) is 0 Å². The molecule has 42 heavy (non-hydrogen) atoms. The number of rotatable bonds is 6. The molecule has 0 bridgehead atoms. The summed E-state index contributed by atoms with van der Waals surface area (Å²) in [7, 11) is 0. The molecule has 0 radical (unpaired) electrons. The van der Waals surface area contributed by atoms with Gasteiger partial charge in [0.2, 0.25) is 0 Å². The molecule has 0 saturated carbocycles. The second-order valence-electron chi connectivity index (χ2n) is 8.72. The number of amides is 4. The molecule has 2 aliphatic heterocycles. The first-order valence-electron chi connectivity index (χ1n) is 11.7. The minimum Gasteiger partial charge on any atom is -0.457 e. The van der Waals surface area contributed by atoms with E-state index >= 15 is 0 Å². The van der Waals surface area contributed by atoms with Gasteiger partial charge in [0.25, 0.3) is 23.6 Å². The van der Waals surface area contributed by atoms with E-state index in [4.69, 9.17) is 9.47 Å². The summed E-state index contributed by atoms with van der Waals surface area (Å²) in [4.78, 5) is 48.6. The number of halogens is 6. The smallest absolute Gasteiger partial charge is 0.420 e. The quantitative estimate of drug-likeness (QED) is 0.253. The highest BCUT2D eigenvalue weighted by Crippen LogP contribution is 2.43. The molecule has 3 aromatic carbocycles. The summed E-state index contributed by atoms with van der Waals surface area (Å²) in [6, 6.07) is 9.78. The van der Waals surface area contributed by atoms with Gasteiger partial charge in [0.05, 0.1) is 11.4 Å². The minimum atomic E-state index is -4.94. The fourth-order valence-electron chi connectivity index (χ4n) is 4.07. The van der Waals surface area contributed by atoms with Crippen LogP contribution in [0.4, 0.5) is 37.7 Å². The number of nitrogens with zero attached hydrogens (tertiary/aromatic N) is 2. The lowest BCUT2D eigenvalue weighted by Gasteiger charge is -2.19. The zero-order chi connectivity index (χ0) is 30.4.